The number of likely N-dealkylation sites (N-methyl/N-ethyl adjacent to an activating group) is 1. The molecule has 0 aliphatic carbocycles. The fourth-order valence-electron chi connectivity index (χ4n) is 2.81. The van der Waals surface area contributed by atoms with Crippen LogP contribution in [0.5, 0.6) is 0 Å². The quantitative estimate of drug-likeness (QED) is 0.799. The lowest BCUT2D eigenvalue weighted by atomic mass is 10.1. The molecule has 0 aromatic heterocycles. The van der Waals surface area contributed by atoms with Crippen molar-refractivity contribution < 1.29 is 27.5 Å². The smallest absolute Gasteiger partial charge is 0.364 e. The maximum Gasteiger partial charge on any atom is 0.418 e. The zero-order valence-electron chi connectivity index (χ0n) is 14.4. The van der Waals surface area contributed by atoms with E-state index in [0.29, 0.717) is 19.4 Å². The SMILES string of the molecule is CCN(CC(=O)Nc1ccccc1C(F)(F)F)C(=O)[C@@H]1CC[C@H](CN)O1. The van der Waals surface area contributed by atoms with Crippen LogP contribution >= 0.6 is 0 Å². The highest BCUT2D eigenvalue weighted by Gasteiger charge is 2.35. The molecule has 3 N–H and O–H groups in total. The van der Waals surface area contributed by atoms with Crippen LogP contribution in [0.25, 0.3) is 0 Å². The Kier molecular flexibility index (Phi) is 6.60. The van der Waals surface area contributed by atoms with E-state index in [0.717, 1.165) is 6.07 Å². The van der Waals surface area contributed by atoms with Gasteiger partial charge in [0.05, 0.1) is 23.9 Å². The van der Waals surface area contributed by atoms with Gasteiger partial charge in [0.1, 0.15) is 6.10 Å². The topological polar surface area (TPSA) is 84.7 Å². The fourth-order valence-corrected chi connectivity index (χ4v) is 2.81. The summed E-state index contributed by atoms with van der Waals surface area (Å²) in [6.45, 7) is 1.88. The standard InChI is InChI=1S/C17H22F3N3O3/c1-2-23(16(25)14-8-7-11(9-21)26-14)10-15(24)22-13-6-4-3-5-12(13)17(18,19)20/h3-6,11,14H,2,7-10,21H2,1H3,(H,22,24)/t11-,14+/m1/s1. The molecule has 1 aromatic rings. The largest absolute Gasteiger partial charge is 0.418 e. The van der Waals surface area contributed by atoms with Crippen LogP contribution in [0, 0.1) is 0 Å². The van der Waals surface area contributed by atoms with Gasteiger partial charge >= 0.3 is 6.18 Å². The predicted octanol–water partition coefficient (Wildman–Crippen LogP) is 2.00. The van der Waals surface area contributed by atoms with Gasteiger partial charge in [0, 0.05) is 13.1 Å². The third-order valence-electron chi connectivity index (χ3n) is 4.18. The van der Waals surface area contributed by atoms with Crippen molar-refractivity contribution in [2.45, 2.75) is 38.1 Å². The number of alkyl halides is 3. The van der Waals surface area contributed by atoms with Crippen LogP contribution in [0.2, 0.25) is 0 Å². The average Bonchev–Trinajstić information content (AvgIpc) is 3.07. The molecule has 0 spiro atoms. The summed E-state index contributed by atoms with van der Waals surface area (Å²) in [6.07, 6.45) is -4.27. The molecule has 2 atom stereocenters. The maximum atomic E-state index is 13.0. The Labute approximate surface area is 149 Å². The van der Waals surface area contributed by atoms with Crippen molar-refractivity contribution in [1.29, 1.82) is 0 Å². The summed E-state index contributed by atoms with van der Waals surface area (Å²) in [6, 6.07) is 4.70. The van der Waals surface area contributed by atoms with Gasteiger partial charge in [-0.15, -0.1) is 0 Å². The molecule has 1 heterocycles. The van der Waals surface area contributed by atoms with Crippen molar-refractivity contribution in [3.05, 3.63) is 29.8 Å². The number of nitrogens with one attached hydrogen (secondary N) is 1. The highest BCUT2D eigenvalue weighted by molar-refractivity contribution is 5.95. The zero-order chi connectivity index (χ0) is 19.3. The van der Waals surface area contributed by atoms with Crippen molar-refractivity contribution in [1.82, 2.24) is 4.90 Å². The average molecular weight is 373 g/mol. The predicted molar refractivity (Wildman–Crippen MR) is 89.3 cm³/mol. The lowest BCUT2D eigenvalue weighted by Gasteiger charge is -2.24. The Hall–Kier alpha value is -2.13. The number of benzene rings is 1. The number of hydrogen-bond acceptors (Lipinski definition) is 4. The number of nitrogens with two attached hydrogens (primary N) is 1. The van der Waals surface area contributed by atoms with Gasteiger partial charge in [0.25, 0.3) is 5.91 Å². The van der Waals surface area contributed by atoms with Crippen LogP contribution in [-0.4, -0.2) is 48.6 Å². The number of rotatable bonds is 6. The third-order valence-corrected chi connectivity index (χ3v) is 4.18. The number of halogens is 3. The normalized spacial score (nSPS) is 20.0. The first kappa shape index (κ1) is 20.2. The molecule has 6 nitrogen and oxygen atoms in total. The monoisotopic (exact) mass is 373 g/mol. The van der Waals surface area contributed by atoms with Gasteiger partial charge in [0.15, 0.2) is 0 Å². The first-order chi connectivity index (χ1) is 12.3. The molecule has 26 heavy (non-hydrogen) atoms. The molecule has 9 heteroatoms. The van der Waals surface area contributed by atoms with E-state index in [9.17, 15) is 22.8 Å². The molecule has 1 aliphatic rings. The minimum atomic E-state index is -4.58. The van der Waals surface area contributed by atoms with Crippen LogP contribution < -0.4 is 11.1 Å². The minimum Gasteiger partial charge on any atom is -0.364 e. The van der Waals surface area contributed by atoms with E-state index in [1.807, 2.05) is 0 Å². The van der Waals surface area contributed by atoms with Gasteiger partial charge < -0.3 is 20.7 Å². The number of anilines is 1. The van der Waals surface area contributed by atoms with E-state index in [4.69, 9.17) is 10.5 Å². The fraction of sp³-hybridized carbons (Fsp3) is 0.529. The molecule has 2 rings (SSSR count). The number of nitrogens with zero attached hydrogens (tertiary/aromatic N) is 1. The molecule has 1 saturated heterocycles. The summed E-state index contributed by atoms with van der Waals surface area (Å²) in [5.74, 6) is -1.06. The molecule has 0 bridgehead atoms. The van der Waals surface area contributed by atoms with E-state index >= 15 is 0 Å². The number of para-hydroxylation sites is 1. The highest BCUT2D eigenvalue weighted by Crippen LogP contribution is 2.34. The Morgan fingerprint density at radius 3 is 2.58 bits per heavy atom. The van der Waals surface area contributed by atoms with E-state index in [1.54, 1.807) is 6.92 Å². The molecule has 1 fully saturated rings. The molecule has 0 unspecified atom stereocenters. The Morgan fingerprint density at radius 2 is 2.00 bits per heavy atom. The minimum absolute atomic E-state index is 0.185. The van der Waals surface area contributed by atoms with E-state index < -0.39 is 23.8 Å². The molecular weight excluding hydrogens is 351 g/mol. The zero-order valence-corrected chi connectivity index (χ0v) is 14.4. The molecule has 0 saturated carbocycles. The summed E-state index contributed by atoms with van der Waals surface area (Å²) < 4.78 is 44.5. The van der Waals surface area contributed by atoms with Crippen molar-refractivity contribution in [2.24, 2.45) is 5.73 Å². The number of amides is 2. The Balaban J connectivity index is 2.01. The first-order valence-corrected chi connectivity index (χ1v) is 8.36. The van der Waals surface area contributed by atoms with Crippen molar-refractivity contribution in [3.8, 4) is 0 Å². The second kappa shape index (κ2) is 8.50. The van der Waals surface area contributed by atoms with Crippen LogP contribution in [0.4, 0.5) is 18.9 Å². The lowest BCUT2D eigenvalue weighted by Crippen LogP contribution is -2.43. The summed E-state index contributed by atoms with van der Waals surface area (Å²) in [5, 5.41) is 2.23. The van der Waals surface area contributed by atoms with E-state index in [2.05, 4.69) is 5.32 Å². The molecule has 1 aromatic carbocycles. The van der Waals surface area contributed by atoms with Gasteiger partial charge in [-0.1, -0.05) is 12.1 Å². The van der Waals surface area contributed by atoms with Gasteiger partial charge in [0.2, 0.25) is 5.91 Å². The van der Waals surface area contributed by atoms with Crippen molar-refractivity contribution in [3.63, 3.8) is 0 Å². The summed E-state index contributed by atoms with van der Waals surface area (Å²) in [5.41, 5.74) is 4.24. The van der Waals surface area contributed by atoms with Crippen LogP contribution in [-0.2, 0) is 20.5 Å². The number of carbonyl (C=O) groups excluding carboxylic acids is 2. The lowest BCUT2D eigenvalue weighted by molar-refractivity contribution is -0.144. The maximum absolute atomic E-state index is 13.0. The molecule has 0 radical (unpaired) electrons. The van der Waals surface area contributed by atoms with E-state index in [1.165, 1.54) is 23.1 Å². The second-order valence-corrected chi connectivity index (χ2v) is 6.00. The summed E-state index contributed by atoms with van der Waals surface area (Å²) in [4.78, 5) is 25.9. The van der Waals surface area contributed by atoms with Gasteiger partial charge in [-0.05, 0) is 31.9 Å². The number of ether oxygens (including phenoxy) is 1. The van der Waals surface area contributed by atoms with Crippen molar-refractivity contribution in [2.75, 3.05) is 25.0 Å². The summed E-state index contributed by atoms with van der Waals surface area (Å²) >= 11 is 0. The Bertz CT molecular complexity index is 652. The van der Waals surface area contributed by atoms with Crippen molar-refractivity contribution >= 4 is 17.5 Å². The van der Waals surface area contributed by atoms with Crippen LogP contribution in [0.15, 0.2) is 24.3 Å². The number of carbonyl (C=O) groups is 2. The third kappa shape index (κ3) is 4.95. The molecule has 1 aliphatic heterocycles. The second-order valence-electron chi connectivity index (χ2n) is 6.00. The Morgan fingerprint density at radius 1 is 1.31 bits per heavy atom. The van der Waals surface area contributed by atoms with Gasteiger partial charge in [-0.25, -0.2) is 0 Å². The first-order valence-electron chi connectivity index (χ1n) is 8.36. The number of hydrogen-bond donors (Lipinski definition) is 2. The molecular formula is C17H22F3N3O3. The van der Waals surface area contributed by atoms with Crippen LogP contribution in [0.3, 0.4) is 0 Å². The molecule has 144 valence electrons. The molecule has 2 amide bonds. The van der Waals surface area contributed by atoms with Crippen LogP contribution in [0.1, 0.15) is 25.3 Å². The summed E-state index contributed by atoms with van der Waals surface area (Å²) in [7, 11) is 0. The van der Waals surface area contributed by atoms with E-state index in [-0.39, 0.29) is 30.8 Å². The van der Waals surface area contributed by atoms with Gasteiger partial charge in [-0.3, -0.25) is 9.59 Å². The van der Waals surface area contributed by atoms with Gasteiger partial charge in [-0.2, -0.15) is 13.2 Å². The highest BCUT2D eigenvalue weighted by atomic mass is 19.4.